The van der Waals surface area contributed by atoms with Gasteiger partial charge in [0.2, 0.25) is 0 Å². The number of anilines is 1. The van der Waals surface area contributed by atoms with Gasteiger partial charge in [-0.1, -0.05) is 0 Å². The summed E-state index contributed by atoms with van der Waals surface area (Å²) in [6.07, 6.45) is 0.840. The Labute approximate surface area is 162 Å². The van der Waals surface area contributed by atoms with Gasteiger partial charge in [-0.3, -0.25) is 15.0 Å². The van der Waals surface area contributed by atoms with Crippen molar-refractivity contribution in [2.24, 2.45) is 11.7 Å². The summed E-state index contributed by atoms with van der Waals surface area (Å²) in [5.41, 5.74) is 6.94. The molecule has 0 spiro atoms. The Hall–Kier alpha value is -3.39. The Morgan fingerprint density at radius 2 is 1.93 bits per heavy atom. The van der Waals surface area contributed by atoms with Crippen molar-refractivity contribution in [1.82, 2.24) is 5.32 Å². The van der Waals surface area contributed by atoms with E-state index < -0.39 is 5.91 Å². The number of phenolic OH excluding ortho intramolecular Hbond substituents is 1. The fourth-order valence-electron chi connectivity index (χ4n) is 2.97. The molecule has 8 heteroatoms. The molecule has 1 aliphatic rings. The summed E-state index contributed by atoms with van der Waals surface area (Å²) < 4.78 is 5.32. The third kappa shape index (κ3) is 4.66. The van der Waals surface area contributed by atoms with Crippen molar-refractivity contribution < 1.29 is 19.4 Å². The molecule has 8 nitrogen and oxygen atoms in total. The second-order valence-corrected chi connectivity index (χ2v) is 6.56. The molecule has 0 saturated carbocycles. The number of benzene rings is 2. The number of ether oxygens (including phenoxy) is 1. The van der Waals surface area contributed by atoms with E-state index in [1.807, 2.05) is 0 Å². The zero-order chi connectivity index (χ0) is 20.1. The number of ketones is 1. The monoisotopic (exact) mass is 382 g/mol. The summed E-state index contributed by atoms with van der Waals surface area (Å²) in [6.45, 7) is 1.23. The summed E-state index contributed by atoms with van der Waals surface area (Å²) in [5.74, 6) is -0.570. The summed E-state index contributed by atoms with van der Waals surface area (Å²) in [7, 11) is 0. The summed E-state index contributed by atoms with van der Waals surface area (Å²) in [6, 6.07) is 10.9. The van der Waals surface area contributed by atoms with Crippen LogP contribution in [0, 0.1) is 11.3 Å². The molecule has 1 atom stereocenters. The van der Waals surface area contributed by atoms with Gasteiger partial charge in [-0.2, -0.15) is 0 Å². The zero-order valence-corrected chi connectivity index (χ0v) is 15.2. The largest absolute Gasteiger partial charge is 0.504 e. The first-order chi connectivity index (χ1) is 13.4. The molecule has 6 N–H and O–H groups in total. The SMILES string of the molecule is N=C(N)c1ccc(O)c(OCC(=O)Nc2ccc(C(=O)C3CCNC3)cc2)c1. The van der Waals surface area contributed by atoms with Crippen molar-refractivity contribution in [2.45, 2.75) is 6.42 Å². The predicted molar refractivity (Wildman–Crippen MR) is 105 cm³/mol. The molecular formula is C20H22N4O4. The average molecular weight is 382 g/mol. The number of nitrogen functional groups attached to an aromatic ring is 1. The van der Waals surface area contributed by atoms with Crippen molar-refractivity contribution >= 4 is 23.2 Å². The first kappa shape index (κ1) is 19.4. The molecule has 2 aromatic carbocycles. The minimum Gasteiger partial charge on any atom is -0.504 e. The highest BCUT2D eigenvalue weighted by atomic mass is 16.5. The molecule has 1 fully saturated rings. The molecule has 3 rings (SSSR count). The number of phenols is 1. The highest BCUT2D eigenvalue weighted by Crippen LogP contribution is 2.26. The maximum atomic E-state index is 12.4. The molecule has 0 bridgehead atoms. The second-order valence-electron chi connectivity index (χ2n) is 6.56. The van der Waals surface area contributed by atoms with Gasteiger partial charge in [0.05, 0.1) is 0 Å². The van der Waals surface area contributed by atoms with E-state index in [4.69, 9.17) is 15.9 Å². The molecule has 1 heterocycles. The standard InChI is InChI=1S/C20H22N4O4/c21-20(22)13-3-6-16(25)17(9-13)28-11-18(26)24-15-4-1-12(2-5-15)19(27)14-7-8-23-10-14/h1-6,9,14,23,25H,7-8,10-11H2,(H3,21,22)(H,24,26). The molecule has 0 aromatic heterocycles. The van der Waals surface area contributed by atoms with Gasteiger partial charge in [0.25, 0.3) is 5.91 Å². The molecule has 2 aromatic rings. The lowest BCUT2D eigenvalue weighted by molar-refractivity contribution is -0.118. The Kier molecular flexibility index (Phi) is 5.90. The lowest BCUT2D eigenvalue weighted by Gasteiger charge is -2.11. The van der Waals surface area contributed by atoms with Gasteiger partial charge in [-0.15, -0.1) is 0 Å². The van der Waals surface area contributed by atoms with E-state index in [1.165, 1.54) is 18.2 Å². The number of hydrogen-bond donors (Lipinski definition) is 5. The van der Waals surface area contributed by atoms with Crippen LogP contribution in [0.3, 0.4) is 0 Å². The fourth-order valence-corrected chi connectivity index (χ4v) is 2.97. The van der Waals surface area contributed by atoms with Crippen LogP contribution in [-0.4, -0.2) is 42.3 Å². The lowest BCUT2D eigenvalue weighted by atomic mass is 9.97. The Morgan fingerprint density at radius 3 is 2.57 bits per heavy atom. The molecule has 146 valence electrons. The minimum absolute atomic E-state index is 0.00674. The lowest BCUT2D eigenvalue weighted by Crippen LogP contribution is -2.21. The first-order valence-electron chi connectivity index (χ1n) is 8.89. The van der Waals surface area contributed by atoms with Crippen molar-refractivity contribution in [3.05, 3.63) is 53.6 Å². The first-order valence-corrected chi connectivity index (χ1v) is 8.89. The predicted octanol–water partition coefficient (Wildman–Crippen LogP) is 1.49. The van der Waals surface area contributed by atoms with Crippen LogP contribution in [0.4, 0.5) is 5.69 Å². The number of amidine groups is 1. The van der Waals surface area contributed by atoms with Crippen LogP contribution in [0.2, 0.25) is 0 Å². The van der Waals surface area contributed by atoms with Crippen LogP contribution in [0.25, 0.3) is 0 Å². The minimum atomic E-state index is -0.424. The molecule has 1 unspecified atom stereocenters. The van der Waals surface area contributed by atoms with E-state index in [9.17, 15) is 14.7 Å². The maximum absolute atomic E-state index is 12.4. The number of hydrogen-bond acceptors (Lipinski definition) is 6. The van der Waals surface area contributed by atoms with E-state index in [0.717, 1.165) is 13.0 Å². The van der Waals surface area contributed by atoms with Gasteiger partial charge in [0, 0.05) is 29.3 Å². The number of aromatic hydroxyl groups is 1. The van der Waals surface area contributed by atoms with Crippen molar-refractivity contribution in [2.75, 3.05) is 25.0 Å². The van der Waals surface area contributed by atoms with Gasteiger partial charge < -0.3 is 26.2 Å². The highest BCUT2D eigenvalue weighted by molar-refractivity contribution is 5.99. The average Bonchev–Trinajstić information content (AvgIpc) is 3.22. The maximum Gasteiger partial charge on any atom is 0.262 e. The number of Topliss-reactive ketones (excluding diaryl/α,β-unsaturated/α-hetero) is 1. The molecule has 0 radical (unpaired) electrons. The number of nitrogens with one attached hydrogen (secondary N) is 3. The Bertz CT molecular complexity index is 890. The highest BCUT2D eigenvalue weighted by Gasteiger charge is 2.23. The smallest absolute Gasteiger partial charge is 0.262 e. The molecule has 28 heavy (non-hydrogen) atoms. The number of carbonyl (C=O) groups excluding carboxylic acids is 2. The Morgan fingerprint density at radius 1 is 1.21 bits per heavy atom. The van der Waals surface area contributed by atoms with E-state index in [2.05, 4.69) is 10.6 Å². The zero-order valence-electron chi connectivity index (χ0n) is 15.2. The molecule has 1 amide bonds. The van der Waals surface area contributed by atoms with Crippen LogP contribution in [-0.2, 0) is 4.79 Å². The number of nitrogens with two attached hydrogens (primary N) is 1. The molecular weight excluding hydrogens is 360 g/mol. The third-order valence-electron chi connectivity index (χ3n) is 4.51. The quantitative estimate of drug-likeness (QED) is 0.279. The van der Waals surface area contributed by atoms with Gasteiger partial charge in [0.1, 0.15) is 5.84 Å². The van der Waals surface area contributed by atoms with E-state index in [1.54, 1.807) is 24.3 Å². The van der Waals surface area contributed by atoms with Crippen LogP contribution >= 0.6 is 0 Å². The Balaban J connectivity index is 1.56. The number of carbonyl (C=O) groups is 2. The van der Waals surface area contributed by atoms with Crippen molar-refractivity contribution in [1.29, 1.82) is 5.41 Å². The van der Waals surface area contributed by atoms with Crippen molar-refractivity contribution in [3.8, 4) is 11.5 Å². The van der Waals surface area contributed by atoms with Crippen LogP contribution < -0.4 is 21.1 Å². The van der Waals surface area contributed by atoms with Crippen LogP contribution in [0.15, 0.2) is 42.5 Å². The molecule has 0 aliphatic carbocycles. The molecule has 1 aliphatic heterocycles. The summed E-state index contributed by atoms with van der Waals surface area (Å²) in [4.78, 5) is 24.4. The van der Waals surface area contributed by atoms with E-state index >= 15 is 0 Å². The summed E-state index contributed by atoms with van der Waals surface area (Å²) >= 11 is 0. The van der Waals surface area contributed by atoms with E-state index in [0.29, 0.717) is 23.4 Å². The number of amides is 1. The summed E-state index contributed by atoms with van der Waals surface area (Å²) in [5, 5.41) is 23.0. The van der Waals surface area contributed by atoms with E-state index in [-0.39, 0.29) is 35.6 Å². The van der Waals surface area contributed by atoms with Gasteiger partial charge in [-0.25, -0.2) is 0 Å². The topological polar surface area (TPSA) is 138 Å². The fraction of sp³-hybridized carbons (Fsp3) is 0.250. The molecule has 1 saturated heterocycles. The number of rotatable bonds is 7. The third-order valence-corrected chi connectivity index (χ3v) is 4.51. The normalized spacial score (nSPS) is 15.8. The van der Waals surface area contributed by atoms with Gasteiger partial charge >= 0.3 is 0 Å². The van der Waals surface area contributed by atoms with Gasteiger partial charge in [-0.05, 0) is 55.4 Å². The van der Waals surface area contributed by atoms with Crippen LogP contribution in [0.5, 0.6) is 11.5 Å². The van der Waals surface area contributed by atoms with Crippen molar-refractivity contribution in [3.63, 3.8) is 0 Å². The second kappa shape index (κ2) is 8.53. The van der Waals surface area contributed by atoms with Crippen LogP contribution in [0.1, 0.15) is 22.3 Å². The van der Waals surface area contributed by atoms with Gasteiger partial charge in [0.15, 0.2) is 23.9 Å².